The molecule has 0 fully saturated rings. The van der Waals surface area contributed by atoms with Crippen molar-refractivity contribution in [3.63, 3.8) is 0 Å². The molecule has 0 aliphatic rings. The number of aromatic nitrogens is 1. The second kappa shape index (κ2) is 6.01. The van der Waals surface area contributed by atoms with Crippen molar-refractivity contribution in [1.82, 2.24) is 4.98 Å². The molecule has 1 heterocycles. The number of nitriles is 1. The van der Waals surface area contributed by atoms with Crippen LogP contribution < -0.4 is 9.47 Å². The predicted molar refractivity (Wildman–Crippen MR) is 69.9 cm³/mol. The minimum Gasteiger partial charge on any atom is -0.454 e. The van der Waals surface area contributed by atoms with Crippen LogP contribution in [-0.2, 0) is 0 Å². The van der Waals surface area contributed by atoms with E-state index in [9.17, 15) is 13.2 Å². The van der Waals surface area contributed by atoms with Gasteiger partial charge in [0, 0.05) is 6.20 Å². The van der Waals surface area contributed by atoms with Crippen molar-refractivity contribution in [2.75, 3.05) is 0 Å². The molecule has 2 rings (SSSR count). The Morgan fingerprint density at radius 1 is 1.19 bits per heavy atom. The van der Waals surface area contributed by atoms with Crippen molar-refractivity contribution < 1.29 is 22.6 Å². The largest absolute Gasteiger partial charge is 0.573 e. The van der Waals surface area contributed by atoms with Gasteiger partial charge >= 0.3 is 6.36 Å². The van der Waals surface area contributed by atoms with Crippen LogP contribution in [0.2, 0.25) is 0 Å². The third kappa shape index (κ3) is 4.10. The van der Waals surface area contributed by atoms with Crippen molar-refractivity contribution in [2.24, 2.45) is 0 Å². The minimum atomic E-state index is -4.78. The second-order valence-corrected chi connectivity index (χ2v) is 4.58. The van der Waals surface area contributed by atoms with Gasteiger partial charge in [0.25, 0.3) is 0 Å². The van der Waals surface area contributed by atoms with E-state index in [1.165, 1.54) is 30.6 Å². The number of nitrogens with zero attached hydrogens (tertiary/aromatic N) is 2. The Hall–Kier alpha value is -2.27. The van der Waals surface area contributed by atoms with E-state index in [0.29, 0.717) is 0 Å². The third-order valence-corrected chi connectivity index (χ3v) is 2.88. The first-order valence-corrected chi connectivity index (χ1v) is 6.25. The van der Waals surface area contributed by atoms with E-state index < -0.39 is 6.36 Å². The SMILES string of the molecule is N#Cc1ccncc1Oc1ccc(OC(F)(F)F)c(Br)c1. The highest BCUT2D eigenvalue weighted by atomic mass is 79.9. The molecule has 0 radical (unpaired) electrons. The Morgan fingerprint density at radius 2 is 1.95 bits per heavy atom. The van der Waals surface area contributed by atoms with Gasteiger partial charge in [0.15, 0.2) is 5.75 Å². The van der Waals surface area contributed by atoms with Crippen molar-refractivity contribution in [2.45, 2.75) is 6.36 Å². The molecule has 0 unspecified atom stereocenters. The van der Waals surface area contributed by atoms with E-state index in [-0.39, 0.29) is 27.3 Å². The first-order chi connectivity index (χ1) is 9.89. The third-order valence-electron chi connectivity index (χ3n) is 2.26. The van der Waals surface area contributed by atoms with Gasteiger partial charge in [-0.3, -0.25) is 4.98 Å². The van der Waals surface area contributed by atoms with Crippen LogP contribution in [0.25, 0.3) is 0 Å². The zero-order valence-electron chi connectivity index (χ0n) is 10.2. The summed E-state index contributed by atoms with van der Waals surface area (Å²) in [7, 11) is 0. The molecule has 0 saturated heterocycles. The Morgan fingerprint density at radius 3 is 2.57 bits per heavy atom. The molecule has 0 aliphatic carbocycles. The highest BCUT2D eigenvalue weighted by Crippen LogP contribution is 2.35. The van der Waals surface area contributed by atoms with Gasteiger partial charge in [-0.25, -0.2) is 0 Å². The number of rotatable bonds is 3. The molecule has 0 amide bonds. The molecular weight excluding hydrogens is 353 g/mol. The van der Waals surface area contributed by atoms with Crippen molar-refractivity contribution in [1.29, 1.82) is 5.26 Å². The van der Waals surface area contributed by atoms with Gasteiger partial charge in [-0.15, -0.1) is 13.2 Å². The predicted octanol–water partition coefficient (Wildman–Crippen LogP) is 4.41. The zero-order chi connectivity index (χ0) is 15.5. The number of benzene rings is 1. The summed E-state index contributed by atoms with van der Waals surface area (Å²) in [5.74, 6) is 0.0545. The van der Waals surface area contributed by atoms with E-state index in [0.717, 1.165) is 6.07 Å². The molecule has 0 spiro atoms. The normalized spacial score (nSPS) is 10.8. The summed E-state index contributed by atoms with van der Waals surface area (Å²) in [6, 6.07) is 7.09. The van der Waals surface area contributed by atoms with Gasteiger partial charge in [-0.1, -0.05) is 0 Å². The summed E-state index contributed by atoms with van der Waals surface area (Å²) >= 11 is 2.96. The van der Waals surface area contributed by atoms with Crippen LogP contribution in [0.4, 0.5) is 13.2 Å². The molecule has 4 nitrogen and oxygen atoms in total. The van der Waals surface area contributed by atoms with Crippen LogP contribution in [-0.4, -0.2) is 11.3 Å². The fourth-order valence-corrected chi connectivity index (χ4v) is 1.87. The van der Waals surface area contributed by atoms with E-state index in [2.05, 4.69) is 25.7 Å². The molecular formula is C13H6BrF3N2O2. The molecule has 0 bridgehead atoms. The lowest BCUT2D eigenvalue weighted by molar-refractivity contribution is -0.274. The fourth-order valence-electron chi connectivity index (χ4n) is 1.43. The highest BCUT2D eigenvalue weighted by Gasteiger charge is 2.32. The van der Waals surface area contributed by atoms with Gasteiger partial charge in [-0.05, 0) is 40.2 Å². The maximum Gasteiger partial charge on any atom is 0.573 e. The van der Waals surface area contributed by atoms with Crippen LogP contribution in [0.1, 0.15) is 5.56 Å². The summed E-state index contributed by atoms with van der Waals surface area (Å²) in [5.41, 5.74) is 0.261. The van der Waals surface area contributed by atoms with E-state index in [4.69, 9.17) is 10.00 Å². The van der Waals surface area contributed by atoms with E-state index in [1.807, 2.05) is 6.07 Å². The number of hydrogen-bond donors (Lipinski definition) is 0. The Labute approximate surface area is 125 Å². The van der Waals surface area contributed by atoms with Crippen molar-refractivity contribution in [3.05, 3.63) is 46.7 Å². The molecule has 0 aliphatic heterocycles. The van der Waals surface area contributed by atoms with Crippen LogP contribution in [0.5, 0.6) is 17.2 Å². The number of pyridine rings is 1. The first kappa shape index (κ1) is 15.1. The zero-order valence-corrected chi connectivity index (χ0v) is 11.8. The molecule has 0 saturated carbocycles. The number of halogens is 4. The Bertz CT molecular complexity index is 699. The summed E-state index contributed by atoms with van der Waals surface area (Å²) in [6.45, 7) is 0. The smallest absolute Gasteiger partial charge is 0.454 e. The van der Waals surface area contributed by atoms with Gasteiger partial charge in [0.1, 0.15) is 17.6 Å². The standard InChI is InChI=1S/C13H6BrF3N2O2/c14-10-5-9(1-2-11(10)21-13(15,16)17)20-12-7-19-4-3-8(12)6-18/h1-5,7H. The molecule has 1 aromatic heterocycles. The molecule has 108 valence electrons. The topological polar surface area (TPSA) is 55.1 Å². The van der Waals surface area contributed by atoms with Crippen LogP contribution in [0, 0.1) is 11.3 Å². The average Bonchev–Trinajstić information content (AvgIpc) is 2.41. The maximum absolute atomic E-state index is 12.1. The first-order valence-electron chi connectivity index (χ1n) is 5.46. The van der Waals surface area contributed by atoms with Gasteiger partial charge in [0.2, 0.25) is 0 Å². The Kier molecular flexibility index (Phi) is 4.33. The molecule has 2 aromatic rings. The fraction of sp³-hybridized carbons (Fsp3) is 0.0769. The summed E-state index contributed by atoms with van der Waals surface area (Å²) in [5, 5.41) is 8.91. The number of ether oxygens (including phenoxy) is 2. The van der Waals surface area contributed by atoms with Crippen molar-refractivity contribution in [3.8, 4) is 23.3 Å². The van der Waals surface area contributed by atoms with Gasteiger partial charge in [-0.2, -0.15) is 5.26 Å². The molecule has 0 N–H and O–H groups in total. The maximum atomic E-state index is 12.1. The number of alkyl halides is 3. The Balaban J connectivity index is 2.23. The lowest BCUT2D eigenvalue weighted by atomic mass is 10.2. The van der Waals surface area contributed by atoms with E-state index >= 15 is 0 Å². The quantitative estimate of drug-likeness (QED) is 0.815. The van der Waals surface area contributed by atoms with Crippen LogP contribution >= 0.6 is 15.9 Å². The van der Waals surface area contributed by atoms with Gasteiger partial charge < -0.3 is 9.47 Å². The monoisotopic (exact) mass is 358 g/mol. The van der Waals surface area contributed by atoms with Crippen LogP contribution in [0.3, 0.4) is 0 Å². The molecule has 21 heavy (non-hydrogen) atoms. The molecule has 8 heteroatoms. The average molecular weight is 359 g/mol. The van der Waals surface area contributed by atoms with E-state index in [1.54, 1.807) is 0 Å². The summed E-state index contributed by atoms with van der Waals surface area (Å²) in [6.07, 6.45) is -2.00. The lowest BCUT2D eigenvalue weighted by Crippen LogP contribution is -2.17. The number of hydrogen-bond acceptors (Lipinski definition) is 4. The molecule has 0 atom stereocenters. The van der Waals surface area contributed by atoms with Gasteiger partial charge in [0.05, 0.1) is 16.2 Å². The minimum absolute atomic E-state index is 0.0692. The second-order valence-electron chi connectivity index (χ2n) is 3.73. The molecule has 1 aromatic carbocycles. The van der Waals surface area contributed by atoms with Crippen LogP contribution in [0.15, 0.2) is 41.1 Å². The highest BCUT2D eigenvalue weighted by molar-refractivity contribution is 9.10. The summed E-state index contributed by atoms with van der Waals surface area (Å²) in [4.78, 5) is 3.82. The summed E-state index contributed by atoms with van der Waals surface area (Å²) < 4.78 is 45.7. The van der Waals surface area contributed by atoms with Crippen molar-refractivity contribution >= 4 is 15.9 Å². The lowest BCUT2D eigenvalue weighted by Gasteiger charge is -2.12.